The van der Waals surface area contributed by atoms with Crippen molar-refractivity contribution in [3.05, 3.63) is 60.2 Å². The van der Waals surface area contributed by atoms with Gasteiger partial charge in [0, 0.05) is 19.6 Å². The van der Waals surface area contributed by atoms with Gasteiger partial charge in [-0.1, -0.05) is 42.5 Å². The van der Waals surface area contributed by atoms with E-state index in [4.69, 9.17) is 9.47 Å². The predicted molar refractivity (Wildman–Crippen MR) is 85.1 cm³/mol. The first-order chi connectivity index (χ1) is 10.8. The second-order valence-corrected chi connectivity index (χ2v) is 5.55. The van der Waals surface area contributed by atoms with Gasteiger partial charge in [0.2, 0.25) is 0 Å². The Balaban J connectivity index is 1.63. The molecule has 0 amide bonds. The van der Waals surface area contributed by atoms with Crippen molar-refractivity contribution in [1.82, 2.24) is 4.90 Å². The van der Waals surface area contributed by atoms with Crippen LogP contribution >= 0.6 is 0 Å². The van der Waals surface area contributed by atoms with E-state index in [0.29, 0.717) is 24.6 Å². The fourth-order valence-corrected chi connectivity index (χ4v) is 2.80. The molecule has 116 valence electrons. The first kappa shape index (κ1) is 14.9. The van der Waals surface area contributed by atoms with Crippen LogP contribution in [0, 0.1) is 0 Å². The molecule has 4 heteroatoms. The molecule has 1 heterocycles. The van der Waals surface area contributed by atoms with E-state index in [1.54, 1.807) is 7.11 Å². The van der Waals surface area contributed by atoms with E-state index >= 15 is 0 Å². The quantitative estimate of drug-likeness (QED) is 0.920. The summed E-state index contributed by atoms with van der Waals surface area (Å²) in [6.45, 7) is 2.15. The molecule has 2 aromatic rings. The van der Waals surface area contributed by atoms with Gasteiger partial charge >= 0.3 is 0 Å². The van der Waals surface area contributed by atoms with Crippen LogP contribution in [0.15, 0.2) is 54.6 Å². The number of β-amino-alcohol motifs (C(OH)–C–C–N with tert-alkyl or cyclic N) is 1. The standard InChI is InChI=1S/C18H21NO3/c1-21-16-9-5-6-10-17(16)22-18-13-19(12-15(18)20)11-14-7-3-2-4-8-14/h2-10,15,18,20H,11-13H2,1H3/t15-,18-/m0/s1. The number of rotatable bonds is 5. The molecule has 1 N–H and O–H groups in total. The number of para-hydroxylation sites is 2. The number of hydrogen-bond acceptors (Lipinski definition) is 4. The van der Waals surface area contributed by atoms with E-state index in [1.807, 2.05) is 42.5 Å². The van der Waals surface area contributed by atoms with Crippen molar-refractivity contribution in [2.45, 2.75) is 18.8 Å². The number of aliphatic hydroxyl groups is 1. The lowest BCUT2D eigenvalue weighted by Crippen LogP contribution is -2.30. The van der Waals surface area contributed by atoms with E-state index < -0.39 is 6.10 Å². The van der Waals surface area contributed by atoms with Crippen LogP contribution in [0.25, 0.3) is 0 Å². The Hall–Kier alpha value is -2.04. The molecule has 22 heavy (non-hydrogen) atoms. The van der Waals surface area contributed by atoms with E-state index in [2.05, 4.69) is 17.0 Å². The Labute approximate surface area is 130 Å². The van der Waals surface area contributed by atoms with Crippen molar-refractivity contribution in [3.8, 4) is 11.5 Å². The maximum atomic E-state index is 10.3. The second kappa shape index (κ2) is 6.81. The van der Waals surface area contributed by atoms with E-state index in [-0.39, 0.29) is 6.10 Å². The van der Waals surface area contributed by atoms with E-state index in [9.17, 15) is 5.11 Å². The lowest BCUT2D eigenvalue weighted by atomic mass is 10.2. The number of nitrogens with zero attached hydrogens (tertiary/aromatic N) is 1. The van der Waals surface area contributed by atoms with Gasteiger partial charge in [0.05, 0.1) is 7.11 Å². The fraction of sp³-hybridized carbons (Fsp3) is 0.333. The lowest BCUT2D eigenvalue weighted by Gasteiger charge is -2.18. The van der Waals surface area contributed by atoms with Crippen LogP contribution in [-0.2, 0) is 6.54 Å². The van der Waals surface area contributed by atoms with Crippen LogP contribution in [0.5, 0.6) is 11.5 Å². The summed E-state index contributed by atoms with van der Waals surface area (Å²) in [5.41, 5.74) is 1.24. The van der Waals surface area contributed by atoms with Crippen LogP contribution in [-0.4, -0.2) is 42.4 Å². The van der Waals surface area contributed by atoms with Gasteiger partial charge in [-0.25, -0.2) is 0 Å². The Kier molecular flexibility index (Phi) is 4.61. The molecule has 0 aliphatic carbocycles. The van der Waals surface area contributed by atoms with Crippen LogP contribution in [0.4, 0.5) is 0 Å². The topological polar surface area (TPSA) is 41.9 Å². The molecule has 0 bridgehead atoms. The Morgan fingerprint density at radius 3 is 2.41 bits per heavy atom. The molecule has 1 saturated heterocycles. The average Bonchev–Trinajstić information content (AvgIpc) is 2.88. The summed E-state index contributed by atoms with van der Waals surface area (Å²) in [6, 6.07) is 17.8. The molecule has 0 radical (unpaired) electrons. The largest absolute Gasteiger partial charge is 0.493 e. The highest BCUT2D eigenvalue weighted by Crippen LogP contribution is 2.29. The zero-order chi connectivity index (χ0) is 15.4. The van der Waals surface area contributed by atoms with Crippen molar-refractivity contribution in [2.75, 3.05) is 20.2 Å². The van der Waals surface area contributed by atoms with Gasteiger partial charge in [-0.3, -0.25) is 4.90 Å². The molecule has 0 aromatic heterocycles. The molecule has 2 atom stereocenters. The van der Waals surface area contributed by atoms with Crippen molar-refractivity contribution in [3.63, 3.8) is 0 Å². The average molecular weight is 299 g/mol. The summed E-state index contributed by atoms with van der Waals surface area (Å²) in [5.74, 6) is 1.37. The van der Waals surface area contributed by atoms with Gasteiger partial charge in [0.15, 0.2) is 11.5 Å². The Morgan fingerprint density at radius 2 is 1.68 bits per heavy atom. The molecule has 1 aliphatic rings. The van der Waals surface area contributed by atoms with Gasteiger partial charge in [-0.2, -0.15) is 0 Å². The van der Waals surface area contributed by atoms with E-state index in [1.165, 1.54) is 5.56 Å². The highest BCUT2D eigenvalue weighted by molar-refractivity contribution is 5.39. The van der Waals surface area contributed by atoms with Gasteiger partial charge in [-0.15, -0.1) is 0 Å². The van der Waals surface area contributed by atoms with Gasteiger partial charge in [0.1, 0.15) is 12.2 Å². The molecular formula is C18H21NO3. The first-order valence-corrected chi connectivity index (χ1v) is 7.50. The Bertz CT molecular complexity index is 602. The predicted octanol–water partition coefficient (Wildman–Crippen LogP) is 2.32. The second-order valence-electron chi connectivity index (χ2n) is 5.55. The SMILES string of the molecule is COc1ccccc1O[C@H]1CN(Cc2ccccc2)C[C@@H]1O. The summed E-state index contributed by atoms with van der Waals surface area (Å²) >= 11 is 0. The van der Waals surface area contributed by atoms with Gasteiger partial charge < -0.3 is 14.6 Å². The van der Waals surface area contributed by atoms with Crippen LogP contribution in [0.1, 0.15) is 5.56 Å². The number of likely N-dealkylation sites (tertiary alicyclic amines) is 1. The van der Waals surface area contributed by atoms with Gasteiger partial charge in [0.25, 0.3) is 0 Å². The van der Waals surface area contributed by atoms with Crippen LogP contribution < -0.4 is 9.47 Å². The lowest BCUT2D eigenvalue weighted by molar-refractivity contribution is 0.0717. The monoisotopic (exact) mass is 299 g/mol. The summed E-state index contributed by atoms with van der Waals surface area (Å²) in [6.07, 6.45) is -0.728. The summed E-state index contributed by atoms with van der Waals surface area (Å²) in [4.78, 5) is 2.21. The number of methoxy groups -OCH3 is 1. The summed E-state index contributed by atoms with van der Waals surface area (Å²) < 4.78 is 11.3. The Morgan fingerprint density at radius 1 is 1.00 bits per heavy atom. The highest BCUT2D eigenvalue weighted by atomic mass is 16.5. The smallest absolute Gasteiger partial charge is 0.161 e. The van der Waals surface area contributed by atoms with E-state index in [0.717, 1.165) is 6.54 Å². The molecule has 0 spiro atoms. The van der Waals surface area contributed by atoms with Crippen molar-refractivity contribution in [2.24, 2.45) is 0 Å². The molecular weight excluding hydrogens is 278 g/mol. The minimum atomic E-state index is -0.492. The third-order valence-electron chi connectivity index (χ3n) is 3.91. The molecule has 1 aliphatic heterocycles. The highest BCUT2D eigenvalue weighted by Gasteiger charge is 2.33. The molecule has 3 rings (SSSR count). The summed E-state index contributed by atoms with van der Waals surface area (Å²) in [7, 11) is 1.62. The minimum Gasteiger partial charge on any atom is -0.493 e. The fourth-order valence-electron chi connectivity index (χ4n) is 2.80. The van der Waals surface area contributed by atoms with Gasteiger partial charge in [-0.05, 0) is 17.7 Å². The third-order valence-corrected chi connectivity index (χ3v) is 3.91. The zero-order valence-electron chi connectivity index (χ0n) is 12.7. The third kappa shape index (κ3) is 3.40. The van der Waals surface area contributed by atoms with Crippen molar-refractivity contribution < 1.29 is 14.6 Å². The molecule has 2 aromatic carbocycles. The maximum Gasteiger partial charge on any atom is 0.161 e. The van der Waals surface area contributed by atoms with Crippen LogP contribution in [0.3, 0.4) is 0 Å². The number of ether oxygens (including phenoxy) is 2. The van der Waals surface area contributed by atoms with Crippen LogP contribution in [0.2, 0.25) is 0 Å². The first-order valence-electron chi connectivity index (χ1n) is 7.50. The maximum absolute atomic E-state index is 10.3. The molecule has 0 saturated carbocycles. The molecule has 1 fully saturated rings. The number of hydrogen-bond donors (Lipinski definition) is 1. The molecule has 0 unspecified atom stereocenters. The zero-order valence-corrected chi connectivity index (χ0v) is 12.7. The minimum absolute atomic E-state index is 0.236. The normalized spacial score (nSPS) is 21.7. The van der Waals surface area contributed by atoms with Crippen molar-refractivity contribution >= 4 is 0 Å². The summed E-state index contributed by atoms with van der Waals surface area (Å²) in [5, 5.41) is 10.3. The number of aliphatic hydroxyl groups excluding tert-OH is 1. The van der Waals surface area contributed by atoms with Crippen molar-refractivity contribution in [1.29, 1.82) is 0 Å². The molecule has 4 nitrogen and oxygen atoms in total. The number of benzene rings is 2.